The summed E-state index contributed by atoms with van der Waals surface area (Å²) in [6.45, 7) is 8.35. The van der Waals surface area contributed by atoms with Crippen LogP contribution in [0, 0.1) is 0 Å². The fourth-order valence-electron chi connectivity index (χ4n) is 1.64. The third kappa shape index (κ3) is 3.63. The average molecular weight is 210 g/mol. The van der Waals surface area contributed by atoms with Crippen molar-refractivity contribution in [2.24, 2.45) is 0 Å². The van der Waals surface area contributed by atoms with E-state index in [0.29, 0.717) is 6.04 Å². The largest absolute Gasteiger partial charge is 0.307 e. The molecular formula is C11H22N4. The van der Waals surface area contributed by atoms with Crippen LogP contribution in [0.4, 0.5) is 0 Å². The maximum absolute atomic E-state index is 4.26. The van der Waals surface area contributed by atoms with Gasteiger partial charge in [0.05, 0.1) is 6.54 Å². The molecule has 0 aliphatic rings. The first-order chi connectivity index (χ1) is 7.31. The molecule has 0 saturated carbocycles. The molecule has 0 amide bonds. The van der Waals surface area contributed by atoms with Gasteiger partial charge in [0, 0.05) is 12.6 Å². The number of aryl methyl sites for hydroxylation is 1. The molecule has 86 valence electrons. The van der Waals surface area contributed by atoms with E-state index in [1.54, 1.807) is 6.33 Å². The van der Waals surface area contributed by atoms with Gasteiger partial charge in [-0.25, -0.2) is 9.67 Å². The highest BCUT2D eigenvalue weighted by Gasteiger charge is 2.06. The summed E-state index contributed by atoms with van der Waals surface area (Å²) in [5.41, 5.74) is 0. The topological polar surface area (TPSA) is 42.7 Å². The Bertz CT molecular complexity index is 265. The molecule has 0 saturated heterocycles. The van der Waals surface area contributed by atoms with Crippen molar-refractivity contribution in [3.8, 4) is 0 Å². The highest BCUT2D eigenvalue weighted by atomic mass is 15.3. The quantitative estimate of drug-likeness (QED) is 0.748. The second kappa shape index (κ2) is 6.56. The number of aromatic nitrogens is 3. The zero-order chi connectivity index (χ0) is 11.1. The molecule has 0 fully saturated rings. The molecule has 4 nitrogen and oxygen atoms in total. The minimum atomic E-state index is 0.594. The maximum atomic E-state index is 4.26. The van der Waals surface area contributed by atoms with E-state index in [4.69, 9.17) is 0 Å². The number of hydrogen-bond acceptors (Lipinski definition) is 3. The summed E-state index contributed by atoms with van der Waals surface area (Å²) in [7, 11) is 0. The third-order valence-electron chi connectivity index (χ3n) is 2.67. The Labute approximate surface area is 92.1 Å². The molecule has 0 bridgehead atoms. The van der Waals surface area contributed by atoms with Gasteiger partial charge in [-0.3, -0.25) is 0 Å². The zero-order valence-electron chi connectivity index (χ0n) is 10.0. The predicted octanol–water partition coefficient (Wildman–Crippen LogP) is 1.97. The molecule has 1 aromatic rings. The smallest absolute Gasteiger partial charge is 0.140 e. The van der Waals surface area contributed by atoms with Crippen molar-refractivity contribution >= 4 is 0 Å². The molecule has 0 spiro atoms. The Kier molecular flexibility index (Phi) is 5.32. The number of nitrogens with one attached hydrogen (secondary N) is 1. The summed E-state index contributed by atoms with van der Waals surface area (Å²) in [5.74, 6) is 1.05. The van der Waals surface area contributed by atoms with Crippen molar-refractivity contribution in [2.75, 3.05) is 0 Å². The SMILES string of the molecule is CCCn1ncnc1CNC(CC)CC. The number of rotatable bonds is 7. The summed E-state index contributed by atoms with van der Waals surface area (Å²) in [5, 5.41) is 7.70. The second-order valence-electron chi connectivity index (χ2n) is 3.79. The molecule has 0 aromatic carbocycles. The van der Waals surface area contributed by atoms with Crippen LogP contribution in [0.2, 0.25) is 0 Å². The predicted molar refractivity (Wildman–Crippen MR) is 61.5 cm³/mol. The van der Waals surface area contributed by atoms with E-state index < -0.39 is 0 Å². The Morgan fingerprint density at radius 3 is 2.67 bits per heavy atom. The van der Waals surface area contributed by atoms with Crippen LogP contribution in [0.3, 0.4) is 0 Å². The lowest BCUT2D eigenvalue weighted by atomic mass is 10.2. The van der Waals surface area contributed by atoms with Gasteiger partial charge >= 0.3 is 0 Å². The lowest BCUT2D eigenvalue weighted by molar-refractivity contribution is 0.458. The van der Waals surface area contributed by atoms with Gasteiger partial charge < -0.3 is 5.32 Å². The van der Waals surface area contributed by atoms with E-state index >= 15 is 0 Å². The van der Waals surface area contributed by atoms with Crippen molar-refractivity contribution in [1.82, 2.24) is 20.1 Å². The first kappa shape index (κ1) is 12.2. The standard InChI is InChI=1S/C11H22N4/c1-4-7-15-11(13-9-14-15)8-12-10(5-2)6-3/h9-10,12H,4-8H2,1-3H3. The van der Waals surface area contributed by atoms with Crippen LogP contribution < -0.4 is 5.32 Å². The van der Waals surface area contributed by atoms with E-state index in [0.717, 1.165) is 25.3 Å². The second-order valence-corrected chi connectivity index (χ2v) is 3.79. The van der Waals surface area contributed by atoms with Crippen molar-refractivity contribution in [1.29, 1.82) is 0 Å². The van der Waals surface area contributed by atoms with Crippen molar-refractivity contribution in [3.63, 3.8) is 0 Å². The first-order valence-electron chi connectivity index (χ1n) is 5.91. The van der Waals surface area contributed by atoms with Gasteiger partial charge in [-0.2, -0.15) is 5.10 Å². The zero-order valence-corrected chi connectivity index (χ0v) is 10.0. The Morgan fingerprint density at radius 2 is 2.07 bits per heavy atom. The van der Waals surface area contributed by atoms with Gasteiger partial charge in [0.15, 0.2) is 0 Å². The summed E-state index contributed by atoms with van der Waals surface area (Å²) < 4.78 is 1.98. The molecule has 4 heteroatoms. The van der Waals surface area contributed by atoms with Gasteiger partial charge in [-0.1, -0.05) is 20.8 Å². The lowest BCUT2D eigenvalue weighted by Gasteiger charge is -2.14. The maximum Gasteiger partial charge on any atom is 0.140 e. The van der Waals surface area contributed by atoms with Crippen LogP contribution in [0.1, 0.15) is 45.9 Å². The molecule has 1 heterocycles. The Morgan fingerprint density at radius 1 is 1.33 bits per heavy atom. The van der Waals surface area contributed by atoms with Gasteiger partial charge in [0.25, 0.3) is 0 Å². The molecule has 15 heavy (non-hydrogen) atoms. The molecule has 0 aliphatic carbocycles. The molecular weight excluding hydrogens is 188 g/mol. The van der Waals surface area contributed by atoms with Crippen LogP contribution >= 0.6 is 0 Å². The Hall–Kier alpha value is -0.900. The van der Waals surface area contributed by atoms with E-state index in [1.807, 2.05) is 4.68 Å². The van der Waals surface area contributed by atoms with Gasteiger partial charge in [-0.05, 0) is 19.3 Å². The first-order valence-corrected chi connectivity index (χ1v) is 5.91. The summed E-state index contributed by atoms with van der Waals surface area (Å²) >= 11 is 0. The van der Waals surface area contributed by atoms with E-state index in [2.05, 4.69) is 36.2 Å². The van der Waals surface area contributed by atoms with Gasteiger partial charge in [0.2, 0.25) is 0 Å². The molecule has 1 N–H and O–H groups in total. The van der Waals surface area contributed by atoms with E-state index in [-0.39, 0.29) is 0 Å². The van der Waals surface area contributed by atoms with Crippen molar-refractivity contribution in [3.05, 3.63) is 12.2 Å². The van der Waals surface area contributed by atoms with E-state index in [1.165, 1.54) is 12.8 Å². The minimum Gasteiger partial charge on any atom is -0.307 e. The monoisotopic (exact) mass is 210 g/mol. The third-order valence-corrected chi connectivity index (χ3v) is 2.67. The van der Waals surface area contributed by atoms with Crippen LogP contribution in [-0.4, -0.2) is 20.8 Å². The lowest BCUT2D eigenvalue weighted by Crippen LogP contribution is -2.28. The molecule has 0 atom stereocenters. The molecule has 1 rings (SSSR count). The van der Waals surface area contributed by atoms with Crippen molar-refractivity contribution in [2.45, 2.75) is 59.2 Å². The number of nitrogens with zero attached hydrogens (tertiary/aromatic N) is 3. The minimum absolute atomic E-state index is 0.594. The van der Waals surface area contributed by atoms with Crippen LogP contribution in [-0.2, 0) is 13.1 Å². The summed E-state index contributed by atoms with van der Waals surface area (Å²) in [6, 6.07) is 0.594. The fraction of sp³-hybridized carbons (Fsp3) is 0.818. The summed E-state index contributed by atoms with van der Waals surface area (Å²) in [6.07, 6.45) is 5.07. The summed E-state index contributed by atoms with van der Waals surface area (Å²) in [4.78, 5) is 4.26. The van der Waals surface area contributed by atoms with Gasteiger partial charge in [-0.15, -0.1) is 0 Å². The fourth-order valence-corrected chi connectivity index (χ4v) is 1.64. The molecule has 1 aromatic heterocycles. The highest BCUT2D eigenvalue weighted by Crippen LogP contribution is 2.00. The highest BCUT2D eigenvalue weighted by molar-refractivity contribution is 4.84. The van der Waals surface area contributed by atoms with Crippen LogP contribution in [0.25, 0.3) is 0 Å². The number of hydrogen-bond donors (Lipinski definition) is 1. The van der Waals surface area contributed by atoms with Gasteiger partial charge in [0.1, 0.15) is 12.2 Å². The molecule has 0 unspecified atom stereocenters. The van der Waals surface area contributed by atoms with Crippen LogP contribution in [0.15, 0.2) is 6.33 Å². The van der Waals surface area contributed by atoms with Crippen molar-refractivity contribution < 1.29 is 0 Å². The molecule has 0 aliphatic heterocycles. The molecule has 0 radical (unpaired) electrons. The van der Waals surface area contributed by atoms with Crippen LogP contribution in [0.5, 0.6) is 0 Å². The Balaban J connectivity index is 2.45. The van der Waals surface area contributed by atoms with E-state index in [9.17, 15) is 0 Å². The average Bonchev–Trinajstić information content (AvgIpc) is 2.68. The normalized spacial score (nSPS) is 11.2.